The SMILES string of the molecule is Cc1ccc(-c2ccc3c4c(ccc3c2)Cc2c-4cc[n+](C)c2-c2ccccc2C)cc1. The molecule has 1 heteroatoms. The van der Waals surface area contributed by atoms with Gasteiger partial charge >= 0.3 is 0 Å². The quantitative estimate of drug-likeness (QED) is 0.265. The Hall–Kier alpha value is -3.71. The molecule has 0 amide bonds. The lowest BCUT2D eigenvalue weighted by Crippen LogP contribution is -2.32. The van der Waals surface area contributed by atoms with Crippen molar-refractivity contribution in [3.8, 4) is 33.5 Å². The lowest BCUT2D eigenvalue weighted by molar-refractivity contribution is -0.660. The summed E-state index contributed by atoms with van der Waals surface area (Å²) < 4.78 is 2.28. The van der Waals surface area contributed by atoms with Gasteiger partial charge in [0.25, 0.3) is 0 Å². The number of fused-ring (bicyclic) bond motifs is 5. The molecule has 5 aromatic rings. The first-order valence-electron chi connectivity index (χ1n) is 11.3. The van der Waals surface area contributed by atoms with Crippen LogP contribution < -0.4 is 4.57 Å². The van der Waals surface area contributed by atoms with E-state index < -0.39 is 0 Å². The molecule has 1 aromatic heterocycles. The summed E-state index contributed by atoms with van der Waals surface area (Å²) in [5.41, 5.74) is 13.5. The zero-order chi connectivity index (χ0) is 21.8. The minimum atomic E-state index is 0.985. The van der Waals surface area contributed by atoms with E-state index in [1.165, 1.54) is 66.5 Å². The highest BCUT2D eigenvalue weighted by Gasteiger charge is 2.29. The van der Waals surface area contributed by atoms with Crippen LogP contribution in [0.4, 0.5) is 0 Å². The van der Waals surface area contributed by atoms with Crippen molar-refractivity contribution in [3.05, 3.63) is 113 Å². The molecule has 0 fully saturated rings. The van der Waals surface area contributed by atoms with Crippen molar-refractivity contribution in [2.45, 2.75) is 20.3 Å². The third kappa shape index (κ3) is 2.89. The van der Waals surface area contributed by atoms with Crippen molar-refractivity contribution in [2.75, 3.05) is 0 Å². The Kier molecular flexibility index (Phi) is 4.26. The van der Waals surface area contributed by atoms with E-state index in [9.17, 15) is 0 Å². The highest BCUT2D eigenvalue weighted by atomic mass is 14.9. The second kappa shape index (κ2) is 7.17. The van der Waals surface area contributed by atoms with E-state index in [1.54, 1.807) is 0 Å². The van der Waals surface area contributed by atoms with Crippen LogP contribution in [0.25, 0.3) is 44.3 Å². The van der Waals surface area contributed by atoms with Crippen molar-refractivity contribution in [3.63, 3.8) is 0 Å². The van der Waals surface area contributed by atoms with Gasteiger partial charge < -0.3 is 0 Å². The maximum atomic E-state index is 2.34. The van der Waals surface area contributed by atoms with Crippen molar-refractivity contribution >= 4 is 10.8 Å². The van der Waals surface area contributed by atoms with Gasteiger partial charge in [-0.05, 0) is 70.1 Å². The fraction of sp³-hybridized carbons (Fsp3) is 0.129. The zero-order valence-electron chi connectivity index (χ0n) is 18.8. The largest absolute Gasteiger partial charge is 0.216 e. The number of rotatable bonds is 2. The first-order chi connectivity index (χ1) is 15.6. The average molecular weight is 413 g/mol. The Morgan fingerprint density at radius 3 is 2.31 bits per heavy atom. The fourth-order valence-corrected chi connectivity index (χ4v) is 5.26. The smallest absolute Gasteiger partial charge is 0.201 e. The minimum Gasteiger partial charge on any atom is -0.201 e. The molecule has 1 aliphatic rings. The van der Waals surface area contributed by atoms with Gasteiger partial charge in [-0.1, -0.05) is 72.3 Å². The molecule has 6 rings (SSSR count). The Morgan fingerprint density at radius 1 is 0.719 bits per heavy atom. The summed E-state index contributed by atoms with van der Waals surface area (Å²) in [5, 5.41) is 2.65. The molecule has 154 valence electrons. The molecule has 32 heavy (non-hydrogen) atoms. The summed E-state index contributed by atoms with van der Waals surface area (Å²) >= 11 is 0. The Labute approximate surface area is 189 Å². The monoisotopic (exact) mass is 412 g/mol. The van der Waals surface area contributed by atoms with Gasteiger partial charge in [-0.3, -0.25) is 0 Å². The number of hydrogen-bond acceptors (Lipinski definition) is 0. The van der Waals surface area contributed by atoms with Gasteiger partial charge in [0.15, 0.2) is 6.20 Å². The molecule has 0 spiro atoms. The maximum absolute atomic E-state index is 2.34. The van der Waals surface area contributed by atoms with Gasteiger partial charge in [0.05, 0.1) is 0 Å². The molecule has 0 atom stereocenters. The highest BCUT2D eigenvalue weighted by molar-refractivity contribution is 6.03. The van der Waals surface area contributed by atoms with Crippen molar-refractivity contribution in [1.29, 1.82) is 0 Å². The van der Waals surface area contributed by atoms with Crippen LogP contribution >= 0.6 is 0 Å². The predicted octanol–water partition coefficient (Wildman–Crippen LogP) is 7.19. The predicted molar refractivity (Wildman–Crippen MR) is 134 cm³/mol. The highest BCUT2D eigenvalue weighted by Crippen LogP contribution is 2.44. The summed E-state index contributed by atoms with van der Waals surface area (Å²) in [6.07, 6.45) is 3.20. The number of aryl methyl sites for hydroxylation is 3. The average Bonchev–Trinajstić information content (AvgIpc) is 3.19. The summed E-state index contributed by atoms with van der Waals surface area (Å²) in [4.78, 5) is 0. The van der Waals surface area contributed by atoms with Gasteiger partial charge in [0.2, 0.25) is 5.69 Å². The van der Waals surface area contributed by atoms with E-state index >= 15 is 0 Å². The molecule has 1 heterocycles. The van der Waals surface area contributed by atoms with Gasteiger partial charge in [-0.2, -0.15) is 0 Å². The summed E-state index contributed by atoms with van der Waals surface area (Å²) in [7, 11) is 2.16. The van der Waals surface area contributed by atoms with Crippen LogP contribution in [-0.4, -0.2) is 0 Å². The van der Waals surface area contributed by atoms with Crippen LogP contribution in [0.15, 0.2) is 91.1 Å². The first-order valence-corrected chi connectivity index (χ1v) is 11.3. The second-order valence-corrected chi connectivity index (χ2v) is 9.06. The third-order valence-electron chi connectivity index (χ3n) is 6.96. The van der Waals surface area contributed by atoms with Gasteiger partial charge in [0.1, 0.15) is 7.05 Å². The van der Waals surface area contributed by atoms with E-state index in [0.29, 0.717) is 0 Å². The summed E-state index contributed by atoms with van der Waals surface area (Å²) in [6, 6.07) is 31.4. The third-order valence-corrected chi connectivity index (χ3v) is 6.96. The zero-order valence-corrected chi connectivity index (χ0v) is 18.8. The molecular formula is C31H26N+. The van der Waals surface area contributed by atoms with Crippen molar-refractivity contribution in [1.82, 2.24) is 0 Å². The molecule has 0 unspecified atom stereocenters. The van der Waals surface area contributed by atoms with E-state index in [2.05, 4.69) is 117 Å². The van der Waals surface area contributed by atoms with Crippen LogP contribution in [-0.2, 0) is 13.5 Å². The number of benzene rings is 4. The molecule has 0 saturated carbocycles. The number of pyridine rings is 1. The topological polar surface area (TPSA) is 3.88 Å². The van der Waals surface area contributed by atoms with Crippen LogP contribution in [0.1, 0.15) is 22.3 Å². The number of aromatic nitrogens is 1. The summed E-state index contributed by atoms with van der Waals surface area (Å²) in [5.74, 6) is 0. The molecule has 4 aromatic carbocycles. The molecule has 1 nitrogen and oxygen atoms in total. The molecule has 0 aliphatic heterocycles. The molecule has 0 N–H and O–H groups in total. The second-order valence-electron chi connectivity index (χ2n) is 9.06. The van der Waals surface area contributed by atoms with Gasteiger partial charge in [-0.25, -0.2) is 4.57 Å². The molecule has 0 saturated heterocycles. The molecule has 0 radical (unpaired) electrons. The lowest BCUT2D eigenvalue weighted by atomic mass is 9.94. The number of nitrogens with zero attached hydrogens (tertiary/aromatic N) is 1. The minimum absolute atomic E-state index is 0.985. The fourth-order valence-electron chi connectivity index (χ4n) is 5.26. The van der Waals surface area contributed by atoms with Crippen LogP contribution in [0, 0.1) is 13.8 Å². The van der Waals surface area contributed by atoms with E-state index in [4.69, 9.17) is 0 Å². The Morgan fingerprint density at radius 2 is 1.50 bits per heavy atom. The van der Waals surface area contributed by atoms with Crippen LogP contribution in [0.3, 0.4) is 0 Å². The van der Waals surface area contributed by atoms with E-state index in [-0.39, 0.29) is 0 Å². The number of hydrogen-bond donors (Lipinski definition) is 0. The lowest BCUT2D eigenvalue weighted by Gasteiger charge is -2.11. The van der Waals surface area contributed by atoms with Gasteiger partial charge in [0, 0.05) is 23.6 Å². The summed E-state index contributed by atoms with van der Waals surface area (Å²) in [6.45, 7) is 4.34. The standard InChI is InChI=1S/C31H26N/c1-20-8-10-22(11-9-20)23-14-15-27-24(18-23)12-13-25-19-29-28(30(25)27)16-17-32(3)31(29)26-7-5-4-6-21(26)2/h4-18H,19H2,1-3H3/q+1. The molecule has 1 aliphatic carbocycles. The Bertz CT molecular complexity index is 1510. The Balaban J connectivity index is 1.55. The van der Waals surface area contributed by atoms with Crippen LogP contribution in [0.5, 0.6) is 0 Å². The van der Waals surface area contributed by atoms with Gasteiger partial charge in [-0.15, -0.1) is 0 Å². The van der Waals surface area contributed by atoms with E-state index in [0.717, 1.165) is 6.42 Å². The van der Waals surface area contributed by atoms with Crippen molar-refractivity contribution in [2.24, 2.45) is 7.05 Å². The molecular weight excluding hydrogens is 386 g/mol. The maximum Gasteiger partial charge on any atom is 0.216 e. The van der Waals surface area contributed by atoms with E-state index in [1.807, 2.05) is 0 Å². The first kappa shape index (κ1) is 19.0. The van der Waals surface area contributed by atoms with Crippen LogP contribution in [0.2, 0.25) is 0 Å². The normalized spacial score (nSPS) is 12.1. The molecule has 0 bridgehead atoms. The van der Waals surface area contributed by atoms with Crippen molar-refractivity contribution < 1.29 is 4.57 Å².